The van der Waals surface area contributed by atoms with Gasteiger partial charge in [0.05, 0.1) is 0 Å². The molecule has 1 saturated heterocycles. The van der Waals surface area contributed by atoms with Crippen LogP contribution in [0.4, 0.5) is 4.79 Å². The minimum absolute atomic E-state index is 0.0250. The van der Waals surface area contributed by atoms with Crippen LogP contribution in [0.25, 0.3) is 0 Å². The Labute approximate surface area is 132 Å². The lowest BCUT2D eigenvalue weighted by Gasteiger charge is -2.35. The van der Waals surface area contributed by atoms with E-state index in [-0.39, 0.29) is 18.7 Å². The molecule has 0 radical (unpaired) electrons. The maximum atomic E-state index is 12.2. The van der Waals surface area contributed by atoms with E-state index in [4.69, 9.17) is 5.11 Å². The van der Waals surface area contributed by atoms with Crippen molar-refractivity contribution in [2.24, 2.45) is 0 Å². The number of hydrogen-bond acceptors (Lipinski definition) is 3. The topological polar surface area (TPSA) is 70.4 Å². The number of aliphatic hydroxyl groups is 1. The number of likely N-dealkylation sites (tertiary alicyclic amines) is 1. The second-order valence-corrected chi connectivity index (χ2v) is 5.96. The number of piperidine rings is 1. The van der Waals surface area contributed by atoms with Gasteiger partial charge in [0.25, 0.3) is 0 Å². The number of carbonyl (C=O) groups excluding carboxylic acids is 1. The first kappa shape index (κ1) is 16.8. The van der Waals surface area contributed by atoms with Crippen molar-refractivity contribution in [3.63, 3.8) is 0 Å². The number of aromatic nitrogens is 2. The van der Waals surface area contributed by atoms with Crippen molar-refractivity contribution in [3.8, 4) is 0 Å². The monoisotopic (exact) mass is 308 g/mol. The summed E-state index contributed by atoms with van der Waals surface area (Å²) < 4.78 is 2.13. The predicted molar refractivity (Wildman–Crippen MR) is 85.6 cm³/mol. The van der Waals surface area contributed by atoms with E-state index in [1.165, 1.54) is 0 Å². The average molecular weight is 308 g/mol. The van der Waals surface area contributed by atoms with Gasteiger partial charge in [-0.25, -0.2) is 9.78 Å². The molecule has 6 heteroatoms. The van der Waals surface area contributed by atoms with Gasteiger partial charge >= 0.3 is 6.03 Å². The van der Waals surface area contributed by atoms with Gasteiger partial charge in [0, 0.05) is 44.7 Å². The lowest BCUT2D eigenvalue weighted by atomic mass is 10.0. The average Bonchev–Trinajstić information content (AvgIpc) is 2.93. The van der Waals surface area contributed by atoms with E-state index < -0.39 is 0 Å². The van der Waals surface area contributed by atoms with Gasteiger partial charge in [0.1, 0.15) is 5.82 Å². The number of imidazole rings is 1. The zero-order valence-electron chi connectivity index (χ0n) is 13.5. The molecule has 1 aliphatic rings. The maximum Gasteiger partial charge on any atom is 0.317 e. The summed E-state index contributed by atoms with van der Waals surface area (Å²) in [7, 11) is 0. The molecule has 6 nitrogen and oxygen atoms in total. The van der Waals surface area contributed by atoms with Gasteiger partial charge in [0.2, 0.25) is 0 Å². The minimum atomic E-state index is 0.0250. The van der Waals surface area contributed by atoms with Crippen LogP contribution in [0.15, 0.2) is 12.4 Å². The van der Waals surface area contributed by atoms with Gasteiger partial charge in [-0.05, 0) is 45.4 Å². The van der Waals surface area contributed by atoms with E-state index >= 15 is 0 Å². The first-order valence-corrected chi connectivity index (χ1v) is 8.35. The zero-order chi connectivity index (χ0) is 15.8. The van der Waals surface area contributed by atoms with Crippen LogP contribution in [0, 0.1) is 6.92 Å². The van der Waals surface area contributed by atoms with Gasteiger partial charge in [-0.15, -0.1) is 0 Å². The smallest absolute Gasteiger partial charge is 0.317 e. The van der Waals surface area contributed by atoms with Crippen LogP contribution < -0.4 is 5.32 Å². The molecule has 1 aromatic rings. The highest BCUT2D eigenvalue weighted by Gasteiger charge is 2.25. The molecule has 124 valence electrons. The van der Waals surface area contributed by atoms with Gasteiger partial charge < -0.3 is 19.9 Å². The summed E-state index contributed by atoms with van der Waals surface area (Å²) in [5.41, 5.74) is 0. The molecule has 1 aromatic heterocycles. The fraction of sp³-hybridized carbons (Fsp3) is 0.750. The Morgan fingerprint density at radius 1 is 1.45 bits per heavy atom. The van der Waals surface area contributed by atoms with Crippen LogP contribution in [0.1, 0.15) is 44.3 Å². The summed E-state index contributed by atoms with van der Waals surface area (Å²) in [6.45, 7) is 4.61. The number of hydrogen-bond donors (Lipinski definition) is 2. The summed E-state index contributed by atoms with van der Waals surface area (Å²) in [6, 6.07) is 0.226. The molecule has 1 atom stereocenters. The third kappa shape index (κ3) is 4.73. The fourth-order valence-electron chi connectivity index (χ4n) is 3.06. The van der Waals surface area contributed by atoms with Gasteiger partial charge in [-0.2, -0.15) is 0 Å². The molecule has 2 amide bonds. The summed E-state index contributed by atoms with van der Waals surface area (Å²) >= 11 is 0. The Bertz CT molecular complexity index is 459. The van der Waals surface area contributed by atoms with E-state index in [0.29, 0.717) is 13.0 Å². The van der Waals surface area contributed by atoms with Gasteiger partial charge in [-0.3, -0.25) is 0 Å². The van der Waals surface area contributed by atoms with Crippen LogP contribution in [0.5, 0.6) is 0 Å². The number of aliphatic hydroxyl groups excluding tert-OH is 1. The Hall–Kier alpha value is -1.56. The quantitative estimate of drug-likeness (QED) is 0.756. The number of unbranched alkanes of at least 4 members (excludes halogenated alkanes) is 1. The number of nitrogens with one attached hydrogen (secondary N) is 1. The Morgan fingerprint density at radius 2 is 2.32 bits per heavy atom. The maximum absolute atomic E-state index is 12.2. The van der Waals surface area contributed by atoms with Crippen molar-refractivity contribution in [3.05, 3.63) is 18.2 Å². The molecule has 2 heterocycles. The minimum Gasteiger partial charge on any atom is -0.396 e. The molecule has 0 bridgehead atoms. The third-order valence-corrected chi connectivity index (χ3v) is 4.38. The molecular formula is C16H28N4O2. The molecule has 2 rings (SSSR count). The first-order chi connectivity index (χ1) is 10.7. The lowest BCUT2D eigenvalue weighted by molar-refractivity contribution is 0.132. The van der Waals surface area contributed by atoms with E-state index in [2.05, 4.69) is 14.9 Å². The Morgan fingerprint density at radius 3 is 3.05 bits per heavy atom. The Kier molecular flexibility index (Phi) is 6.71. The second kappa shape index (κ2) is 8.78. The van der Waals surface area contributed by atoms with E-state index in [1.807, 2.05) is 24.2 Å². The summed E-state index contributed by atoms with van der Waals surface area (Å²) in [5, 5.41) is 12.1. The SMILES string of the molecule is Cc1nccn1CCCCNC(=O)N1CCCCC1CCO. The number of amides is 2. The molecule has 2 N–H and O–H groups in total. The zero-order valence-corrected chi connectivity index (χ0v) is 13.5. The van der Waals surface area contributed by atoms with Crippen LogP contribution in [0.3, 0.4) is 0 Å². The lowest BCUT2D eigenvalue weighted by Crippen LogP contribution is -2.49. The van der Waals surface area contributed by atoms with E-state index in [0.717, 1.165) is 51.0 Å². The second-order valence-electron chi connectivity index (χ2n) is 5.96. The van der Waals surface area contributed by atoms with Crippen LogP contribution in [0.2, 0.25) is 0 Å². The largest absolute Gasteiger partial charge is 0.396 e. The number of rotatable bonds is 7. The van der Waals surface area contributed by atoms with Crippen LogP contribution >= 0.6 is 0 Å². The highest BCUT2D eigenvalue weighted by Crippen LogP contribution is 2.19. The molecule has 0 aromatic carbocycles. The molecule has 1 aliphatic heterocycles. The van der Waals surface area contributed by atoms with Crippen molar-refractivity contribution in [2.45, 2.75) is 58.0 Å². The molecule has 1 unspecified atom stereocenters. The summed E-state index contributed by atoms with van der Waals surface area (Å²) in [6.07, 6.45) is 9.70. The highest BCUT2D eigenvalue weighted by molar-refractivity contribution is 5.74. The van der Waals surface area contributed by atoms with Gasteiger partial charge in [-0.1, -0.05) is 0 Å². The number of urea groups is 1. The van der Waals surface area contributed by atoms with E-state index in [9.17, 15) is 4.79 Å². The molecule has 0 spiro atoms. The van der Waals surface area contributed by atoms with Crippen molar-refractivity contribution in [1.29, 1.82) is 0 Å². The van der Waals surface area contributed by atoms with Gasteiger partial charge in [0.15, 0.2) is 0 Å². The fourth-order valence-corrected chi connectivity index (χ4v) is 3.06. The number of nitrogens with zero attached hydrogens (tertiary/aromatic N) is 3. The van der Waals surface area contributed by atoms with Crippen molar-refractivity contribution in [2.75, 3.05) is 19.7 Å². The number of aryl methyl sites for hydroxylation is 2. The van der Waals surface area contributed by atoms with Crippen molar-refractivity contribution < 1.29 is 9.90 Å². The molecule has 22 heavy (non-hydrogen) atoms. The van der Waals surface area contributed by atoms with E-state index in [1.54, 1.807) is 0 Å². The summed E-state index contributed by atoms with van der Waals surface area (Å²) in [4.78, 5) is 18.3. The highest BCUT2D eigenvalue weighted by atomic mass is 16.3. The molecular weight excluding hydrogens is 280 g/mol. The van der Waals surface area contributed by atoms with Crippen LogP contribution in [-0.4, -0.2) is 51.3 Å². The Balaban J connectivity index is 1.65. The predicted octanol–water partition coefficient (Wildman–Crippen LogP) is 1.92. The molecule has 0 aliphatic carbocycles. The van der Waals surface area contributed by atoms with Crippen molar-refractivity contribution >= 4 is 6.03 Å². The molecule has 1 fully saturated rings. The third-order valence-electron chi connectivity index (χ3n) is 4.38. The van der Waals surface area contributed by atoms with Crippen molar-refractivity contribution in [1.82, 2.24) is 19.8 Å². The summed E-state index contributed by atoms with van der Waals surface area (Å²) in [5.74, 6) is 1.03. The van der Waals surface area contributed by atoms with Crippen LogP contribution in [-0.2, 0) is 6.54 Å². The first-order valence-electron chi connectivity index (χ1n) is 8.35. The standard InChI is InChI=1S/C16H28N4O2/c1-14-17-9-12-19(14)10-5-3-8-18-16(22)20-11-4-2-6-15(20)7-13-21/h9,12,15,21H,2-8,10-11,13H2,1H3,(H,18,22). The number of carbonyl (C=O) groups is 1. The normalized spacial score (nSPS) is 18.5. The molecule has 0 saturated carbocycles.